The summed E-state index contributed by atoms with van der Waals surface area (Å²) in [5.41, 5.74) is 3.82. The van der Waals surface area contributed by atoms with Gasteiger partial charge in [0, 0.05) is 35.2 Å². The smallest absolute Gasteiger partial charge is 0.255 e. The molecule has 0 saturated carbocycles. The van der Waals surface area contributed by atoms with E-state index in [4.69, 9.17) is 11.6 Å². The number of halogens is 2. The summed E-state index contributed by atoms with van der Waals surface area (Å²) in [5, 5.41) is 6.09. The maximum Gasteiger partial charge on any atom is 0.255 e. The van der Waals surface area contributed by atoms with Crippen LogP contribution in [0.3, 0.4) is 0 Å². The molecule has 1 aromatic heterocycles. The predicted octanol–water partition coefficient (Wildman–Crippen LogP) is 6.92. The molecule has 1 aliphatic heterocycles. The minimum Gasteiger partial charge on any atom is -0.324 e. The van der Waals surface area contributed by atoms with Gasteiger partial charge in [0.25, 0.3) is 5.91 Å². The van der Waals surface area contributed by atoms with E-state index < -0.39 is 5.82 Å². The summed E-state index contributed by atoms with van der Waals surface area (Å²) < 4.78 is 14.4. The molecule has 1 amide bonds. The molecule has 2 N–H and O–H groups in total. The molecule has 37 heavy (non-hydrogen) atoms. The molecule has 3 aromatic carbocycles. The number of anilines is 3. The highest BCUT2D eigenvalue weighted by atomic mass is 35.5. The minimum atomic E-state index is -0.530. The maximum absolute atomic E-state index is 14.4. The van der Waals surface area contributed by atoms with Gasteiger partial charge in [0.2, 0.25) is 5.95 Å². The summed E-state index contributed by atoms with van der Waals surface area (Å²) in [6.07, 6.45) is 5.37. The van der Waals surface area contributed by atoms with Gasteiger partial charge in [-0.1, -0.05) is 42.3 Å². The Bertz CT molecular complexity index is 1390. The third kappa shape index (κ3) is 6.31. The normalized spacial score (nSPS) is 13.8. The highest BCUT2D eigenvalue weighted by Crippen LogP contribution is 2.27. The number of piperidine rings is 1. The van der Waals surface area contributed by atoms with E-state index in [2.05, 4.69) is 25.5 Å². The Morgan fingerprint density at radius 1 is 0.946 bits per heavy atom. The molecule has 1 fully saturated rings. The number of hydrogen-bond acceptors (Lipinski definition) is 5. The summed E-state index contributed by atoms with van der Waals surface area (Å²) >= 11 is 5.91. The maximum atomic E-state index is 14.4. The number of aromatic nitrogens is 2. The van der Waals surface area contributed by atoms with Crippen molar-refractivity contribution in [3.8, 4) is 11.3 Å². The Labute approximate surface area is 220 Å². The summed E-state index contributed by atoms with van der Waals surface area (Å²) in [6.45, 7) is 3.20. The predicted molar refractivity (Wildman–Crippen MR) is 146 cm³/mol. The first-order chi connectivity index (χ1) is 18.0. The number of likely N-dealkylation sites (tertiary alicyclic amines) is 1. The number of nitrogens with zero attached hydrogens (tertiary/aromatic N) is 3. The zero-order chi connectivity index (χ0) is 25.6. The van der Waals surface area contributed by atoms with Crippen LogP contribution in [0, 0.1) is 5.82 Å². The molecule has 0 unspecified atom stereocenters. The third-order valence-corrected chi connectivity index (χ3v) is 6.62. The lowest BCUT2D eigenvalue weighted by Crippen LogP contribution is -2.29. The molecule has 0 atom stereocenters. The van der Waals surface area contributed by atoms with Gasteiger partial charge in [-0.2, -0.15) is 0 Å². The number of carbonyl (C=O) groups excluding carboxylic acids is 1. The van der Waals surface area contributed by atoms with Gasteiger partial charge < -0.3 is 10.6 Å². The Balaban J connectivity index is 1.24. The highest BCUT2D eigenvalue weighted by molar-refractivity contribution is 6.31. The quantitative estimate of drug-likeness (QED) is 0.279. The fraction of sp³-hybridized carbons (Fsp3) is 0.207. The fourth-order valence-corrected chi connectivity index (χ4v) is 4.59. The average molecular weight is 516 g/mol. The fourth-order valence-electron chi connectivity index (χ4n) is 4.41. The number of rotatable bonds is 7. The van der Waals surface area contributed by atoms with Gasteiger partial charge in [-0.05, 0) is 80.0 Å². The molecular formula is C29H27ClFN5O. The highest BCUT2D eigenvalue weighted by Gasteiger charge is 2.13. The number of carbonyl (C=O) groups is 1. The summed E-state index contributed by atoms with van der Waals surface area (Å²) in [4.78, 5) is 23.9. The van der Waals surface area contributed by atoms with Gasteiger partial charge in [-0.3, -0.25) is 9.69 Å². The standard InChI is InChI=1S/C29H27ClFN5O/c30-25-9-5-8-24(27(25)31)26-14-15-32-29(35-26)34-23-7-4-6-22(18-23)33-28(37)21-12-10-20(11-13-21)19-36-16-2-1-3-17-36/h4-15,18H,1-3,16-17,19H2,(H,33,37)(H,32,34,35). The molecule has 1 aliphatic rings. The van der Waals surface area contributed by atoms with E-state index in [0.717, 1.165) is 19.6 Å². The van der Waals surface area contributed by atoms with Gasteiger partial charge >= 0.3 is 0 Å². The molecule has 188 valence electrons. The van der Waals surface area contributed by atoms with Crippen LogP contribution in [0.2, 0.25) is 5.02 Å². The molecule has 8 heteroatoms. The van der Waals surface area contributed by atoms with Crippen molar-refractivity contribution in [3.05, 3.63) is 101 Å². The zero-order valence-corrected chi connectivity index (χ0v) is 21.0. The number of amides is 1. The zero-order valence-electron chi connectivity index (χ0n) is 20.3. The summed E-state index contributed by atoms with van der Waals surface area (Å²) in [6, 6.07) is 21.4. The Morgan fingerprint density at radius 3 is 2.51 bits per heavy atom. The second-order valence-electron chi connectivity index (χ2n) is 9.06. The third-order valence-electron chi connectivity index (χ3n) is 6.33. The van der Waals surface area contributed by atoms with Crippen molar-refractivity contribution in [1.82, 2.24) is 14.9 Å². The van der Waals surface area contributed by atoms with Crippen molar-refractivity contribution in [2.45, 2.75) is 25.8 Å². The van der Waals surface area contributed by atoms with Crippen LogP contribution in [-0.2, 0) is 6.54 Å². The van der Waals surface area contributed by atoms with Crippen molar-refractivity contribution < 1.29 is 9.18 Å². The first kappa shape index (κ1) is 24.9. The van der Waals surface area contributed by atoms with E-state index in [0.29, 0.717) is 34.1 Å². The topological polar surface area (TPSA) is 70.1 Å². The lowest BCUT2D eigenvalue weighted by Gasteiger charge is -2.26. The summed E-state index contributed by atoms with van der Waals surface area (Å²) in [5.74, 6) is -0.418. The van der Waals surface area contributed by atoms with Crippen LogP contribution in [0.1, 0.15) is 35.2 Å². The Kier molecular flexibility index (Phi) is 7.73. The first-order valence-electron chi connectivity index (χ1n) is 12.3. The van der Waals surface area contributed by atoms with Crippen LogP contribution in [0.15, 0.2) is 79.0 Å². The van der Waals surface area contributed by atoms with Crippen LogP contribution in [0.4, 0.5) is 21.7 Å². The van der Waals surface area contributed by atoms with Gasteiger partial charge in [0.1, 0.15) is 0 Å². The largest absolute Gasteiger partial charge is 0.324 e. The van der Waals surface area contributed by atoms with Crippen LogP contribution < -0.4 is 10.6 Å². The van der Waals surface area contributed by atoms with Crippen LogP contribution >= 0.6 is 11.6 Å². The van der Waals surface area contributed by atoms with Crippen LogP contribution in [0.5, 0.6) is 0 Å². The van der Waals surface area contributed by atoms with Crippen molar-refractivity contribution in [2.75, 3.05) is 23.7 Å². The van der Waals surface area contributed by atoms with Crippen molar-refractivity contribution in [2.24, 2.45) is 0 Å². The van der Waals surface area contributed by atoms with Crippen LogP contribution in [0.25, 0.3) is 11.3 Å². The second kappa shape index (κ2) is 11.5. The SMILES string of the molecule is O=C(Nc1cccc(Nc2nccc(-c3cccc(Cl)c3F)n2)c1)c1ccc(CN2CCCCC2)cc1. The van der Waals surface area contributed by atoms with E-state index in [9.17, 15) is 9.18 Å². The molecule has 0 spiro atoms. The monoisotopic (exact) mass is 515 g/mol. The molecule has 1 saturated heterocycles. The van der Waals surface area contributed by atoms with Gasteiger partial charge in [0.15, 0.2) is 5.82 Å². The lowest BCUT2D eigenvalue weighted by atomic mass is 10.1. The number of hydrogen-bond donors (Lipinski definition) is 2. The van der Waals surface area contributed by atoms with Gasteiger partial charge in [-0.15, -0.1) is 0 Å². The second-order valence-corrected chi connectivity index (χ2v) is 9.47. The van der Waals surface area contributed by atoms with Crippen molar-refractivity contribution in [1.29, 1.82) is 0 Å². The van der Waals surface area contributed by atoms with E-state index in [1.165, 1.54) is 30.9 Å². The lowest BCUT2D eigenvalue weighted by molar-refractivity contribution is 0.102. The average Bonchev–Trinajstić information content (AvgIpc) is 2.91. The molecule has 0 radical (unpaired) electrons. The molecule has 4 aromatic rings. The van der Waals surface area contributed by atoms with Crippen LogP contribution in [-0.4, -0.2) is 33.9 Å². The first-order valence-corrected chi connectivity index (χ1v) is 12.7. The van der Waals surface area contributed by atoms with E-state index >= 15 is 0 Å². The van der Waals surface area contributed by atoms with E-state index in [1.54, 1.807) is 30.5 Å². The van der Waals surface area contributed by atoms with Gasteiger partial charge in [0.05, 0.1) is 10.7 Å². The molecule has 5 rings (SSSR count). The molecular weight excluding hydrogens is 489 g/mol. The molecule has 6 nitrogen and oxygen atoms in total. The van der Waals surface area contributed by atoms with Gasteiger partial charge in [-0.25, -0.2) is 14.4 Å². The molecule has 0 bridgehead atoms. The minimum absolute atomic E-state index is 0.0331. The molecule has 0 aliphatic carbocycles. The summed E-state index contributed by atoms with van der Waals surface area (Å²) in [7, 11) is 0. The van der Waals surface area contributed by atoms with Crippen molar-refractivity contribution in [3.63, 3.8) is 0 Å². The van der Waals surface area contributed by atoms with Crippen molar-refractivity contribution >= 4 is 34.8 Å². The van der Waals surface area contributed by atoms with E-state index in [1.807, 2.05) is 42.5 Å². The molecule has 2 heterocycles. The van der Waals surface area contributed by atoms with E-state index in [-0.39, 0.29) is 10.9 Å². The number of nitrogens with one attached hydrogen (secondary N) is 2. The Morgan fingerprint density at radius 2 is 1.70 bits per heavy atom. The Hall–Kier alpha value is -3.81. The number of benzene rings is 3.